The molecule has 108 valence electrons. The van der Waals surface area contributed by atoms with E-state index in [-0.39, 0.29) is 5.54 Å². The van der Waals surface area contributed by atoms with Gasteiger partial charge >= 0.3 is 0 Å². The van der Waals surface area contributed by atoms with Gasteiger partial charge in [0.2, 0.25) is 0 Å². The molecule has 0 saturated heterocycles. The number of hydrogen-bond acceptors (Lipinski definition) is 3. The molecule has 1 aliphatic carbocycles. The maximum atomic E-state index is 6.20. The molecule has 0 bridgehead atoms. The van der Waals surface area contributed by atoms with Crippen molar-refractivity contribution in [2.24, 2.45) is 16.6 Å². The lowest BCUT2D eigenvalue weighted by atomic mass is 9.74. The summed E-state index contributed by atoms with van der Waals surface area (Å²) in [6.45, 7) is 4.10. The molecular weight excluding hydrogens is 246 g/mol. The van der Waals surface area contributed by atoms with Gasteiger partial charge in [-0.05, 0) is 24.3 Å². The number of aliphatic imine (C=N–C) groups is 1. The Kier molecular flexibility index (Phi) is 3.68. The van der Waals surface area contributed by atoms with E-state index in [9.17, 15) is 0 Å². The first-order valence-corrected chi connectivity index (χ1v) is 7.85. The fraction of sp³-hybridized carbons (Fsp3) is 0.588. The zero-order chi connectivity index (χ0) is 14.0. The first-order valence-electron chi connectivity index (χ1n) is 7.85. The van der Waals surface area contributed by atoms with Gasteiger partial charge in [-0.3, -0.25) is 4.99 Å². The minimum atomic E-state index is 0.193. The topological polar surface area (TPSA) is 41.6 Å². The molecule has 1 fully saturated rings. The quantitative estimate of drug-likeness (QED) is 0.917. The minimum absolute atomic E-state index is 0.193. The largest absolute Gasteiger partial charge is 0.370 e. The molecule has 1 saturated carbocycles. The number of guanidine groups is 1. The molecule has 2 N–H and O–H groups in total. The lowest BCUT2D eigenvalue weighted by Gasteiger charge is -2.45. The van der Waals surface area contributed by atoms with Crippen molar-refractivity contribution in [2.45, 2.75) is 51.1 Å². The first kappa shape index (κ1) is 13.5. The van der Waals surface area contributed by atoms with Crippen LogP contribution in [-0.2, 0) is 6.54 Å². The Labute approximate surface area is 121 Å². The number of hydrogen-bond donors (Lipinski definition) is 1. The van der Waals surface area contributed by atoms with Crippen LogP contribution >= 0.6 is 0 Å². The molecule has 0 radical (unpaired) electrons. The third-order valence-corrected chi connectivity index (χ3v) is 5.07. The van der Waals surface area contributed by atoms with Crippen molar-refractivity contribution in [1.82, 2.24) is 4.90 Å². The highest BCUT2D eigenvalue weighted by Gasteiger charge is 2.44. The predicted molar refractivity (Wildman–Crippen MR) is 83.5 cm³/mol. The van der Waals surface area contributed by atoms with Gasteiger partial charge in [-0.25, -0.2) is 0 Å². The summed E-state index contributed by atoms with van der Waals surface area (Å²) in [4.78, 5) is 6.96. The molecule has 1 aromatic rings. The Bertz CT molecular complexity index is 482. The second kappa shape index (κ2) is 5.47. The molecule has 1 aromatic carbocycles. The summed E-state index contributed by atoms with van der Waals surface area (Å²) in [5.41, 5.74) is 7.71. The number of benzene rings is 1. The van der Waals surface area contributed by atoms with Gasteiger partial charge in [0.25, 0.3) is 0 Å². The smallest absolute Gasteiger partial charge is 0.192 e. The normalized spacial score (nSPS) is 29.8. The van der Waals surface area contributed by atoms with Crippen LogP contribution < -0.4 is 5.73 Å². The highest BCUT2D eigenvalue weighted by atomic mass is 15.4. The minimum Gasteiger partial charge on any atom is -0.370 e. The first-order chi connectivity index (χ1) is 9.73. The van der Waals surface area contributed by atoms with E-state index in [0.29, 0.717) is 0 Å². The van der Waals surface area contributed by atoms with Crippen LogP contribution in [0.2, 0.25) is 0 Å². The molecule has 2 unspecified atom stereocenters. The average Bonchev–Trinajstić information content (AvgIpc) is 2.78. The summed E-state index contributed by atoms with van der Waals surface area (Å²) in [5, 5.41) is 0. The summed E-state index contributed by atoms with van der Waals surface area (Å²) in [6.07, 6.45) is 6.45. The van der Waals surface area contributed by atoms with Crippen molar-refractivity contribution >= 4 is 5.96 Å². The Hall–Kier alpha value is -1.51. The van der Waals surface area contributed by atoms with Crippen LogP contribution in [0.4, 0.5) is 0 Å². The SMILES string of the molecule is CCC1CCCC2(CN=C(N)N2Cc2ccccc2)C1. The summed E-state index contributed by atoms with van der Waals surface area (Å²) in [5.74, 6) is 1.58. The lowest BCUT2D eigenvalue weighted by Crippen LogP contribution is -2.53. The molecule has 2 atom stereocenters. The predicted octanol–water partition coefficient (Wildman–Crippen LogP) is 3.16. The van der Waals surface area contributed by atoms with Crippen molar-refractivity contribution in [2.75, 3.05) is 6.54 Å². The number of rotatable bonds is 3. The maximum absolute atomic E-state index is 6.20. The van der Waals surface area contributed by atoms with Gasteiger partial charge < -0.3 is 10.6 Å². The van der Waals surface area contributed by atoms with E-state index in [1.54, 1.807) is 0 Å². The molecule has 1 heterocycles. The zero-order valence-corrected chi connectivity index (χ0v) is 12.4. The van der Waals surface area contributed by atoms with Crippen LogP contribution in [0.3, 0.4) is 0 Å². The van der Waals surface area contributed by atoms with Gasteiger partial charge in [-0.1, -0.05) is 56.5 Å². The van der Waals surface area contributed by atoms with Gasteiger partial charge in [0.05, 0.1) is 12.1 Å². The molecule has 20 heavy (non-hydrogen) atoms. The van der Waals surface area contributed by atoms with Crippen molar-refractivity contribution in [3.05, 3.63) is 35.9 Å². The highest BCUT2D eigenvalue weighted by molar-refractivity contribution is 5.81. The van der Waals surface area contributed by atoms with E-state index in [4.69, 9.17) is 5.73 Å². The van der Waals surface area contributed by atoms with Crippen LogP contribution in [0.1, 0.15) is 44.6 Å². The average molecular weight is 271 g/mol. The van der Waals surface area contributed by atoms with Crippen LogP contribution in [0, 0.1) is 5.92 Å². The Balaban J connectivity index is 1.81. The standard InChI is InChI=1S/C17H25N3/c1-2-14-9-6-10-17(11-14)13-19-16(18)20(17)12-15-7-4-3-5-8-15/h3-5,7-8,14H,2,6,9-13H2,1H3,(H2,18,19). The van der Waals surface area contributed by atoms with Gasteiger partial charge in [0.1, 0.15) is 0 Å². The summed E-state index contributed by atoms with van der Waals surface area (Å²) < 4.78 is 0. The Morgan fingerprint density at radius 3 is 2.90 bits per heavy atom. The summed E-state index contributed by atoms with van der Waals surface area (Å²) >= 11 is 0. The van der Waals surface area contributed by atoms with E-state index in [1.165, 1.54) is 37.7 Å². The molecule has 0 amide bonds. The number of nitrogens with zero attached hydrogens (tertiary/aromatic N) is 2. The van der Waals surface area contributed by atoms with Crippen LogP contribution in [0.15, 0.2) is 35.3 Å². The van der Waals surface area contributed by atoms with Crippen molar-refractivity contribution in [3.8, 4) is 0 Å². The van der Waals surface area contributed by atoms with E-state index in [2.05, 4.69) is 47.1 Å². The molecule has 2 aliphatic rings. The van der Waals surface area contributed by atoms with E-state index >= 15 is 0 Å². The fourth-order valence-corrected chi connectivity index (χ4v) is 3.86. The van der Waals surface area contributed by atoms with Crippen LogP contribution in [0.5, 0.6) is 0 Å². The number of nitrogens with two attached hydrogens (primary N) is 1. The van der Waals surface area contributed by atoms with E-state index < -0.39 is 0 Å². The molecule has 3 heteroatoms. The molecule has 3 nitrogen and oxygen atoms in total. The molecule has 0 aromatic heterocycles. The van der Waals surface area contributed by atoms with Crippen molar-refractivity contribution < 1.29 is 0 Å². The van der Waals surface area contributed by atoms with Crippen molar-refractivity contribution in [3.63, 3.8) is 0 Å². The van der Waals surface area contributed by atoms with Crippen LogP contribution in [0.25, 0.3) is 0 Å². The zero-order valence-electron chi connectivity index (χ0n) is 12.4. The van der Waals surface area contributed by atoms with E-state index in [0.717, 1.165) is 25.0 Å². The van der Waals surface area contributed by atoms with Gasteiger partial charge in [-0.15, -0.1) is 0 Å². The maximum Gasteiger partial charge on any atom is 0.192 e. The fourth-order valence-electron chi connectivity index (χ4n) is 3.86. The van der Waals surface area contributed by atoms with Crippen molar-refractivity contribution in [1.29, 1.82) is 0 Å². The van der Waals surface area contributed by atoms with Gasteiger partial charge in [0, 0.05) is 6.54 Å². The van der Waals surface area contributed by atoms with Gasteiger partial charge in [0.15, 0.2) is 5.96 Å². The molecule has 1 aliphatic heterocycles. The van der Waals surface area contributed by atoms with Crippen LogP contribution in [-0.4, -0.2) is 22.9 Å². The molecule has 1 spiro atoms. The molecule has 3 rings (SSSR count). The Morgan fingerprint density at radius 2 is 2.15 bits per heavy atom. The summed E-state index contributed by atoms with van der Waals surface area (Å²) in [6, 6.07) is 10.6. The summed E-state index contributed by atoms with van der Waals surface area (Å²) in [7, 11) is 0. The van der Waals surface area contributed by atoms with Gasteiger partial charge in [-0.2, -0.15) is 0 Å². The second-order valence-corrected chi connectivity index (χ2v) is 6.34. The monoisotopic (exact) mass is 271 g/mol. The highest BCUT2D eigenvalue weighted by Crippen LogP contribution is 2.41. The molecular formula is C17H25N3. The lowest BCUT2D eigenvalue weighted by molar-refractivity contribution is 0.101. The second-order valence-electron chi connectivity index (χ2n) is 6.34. The third-order valence-electron chi connectivity index (χ3n) is 5.07. The van der Waals surface area contributed by atoms with E-state index in [1.807, 2.05) is 0 Å². The third kappa shape index (κ3) is 2.41. The Morgan fingerprint density at radius 1 is 1.35 bits per heavy atom.